The Bertz CT molecular complexity index is 169. The second-order valence-electron chi connectivity index (χ2n) is 1.06. The van der Waals surface area contributed by atoms with Crippen molar-refractivity contribution in [3.8, 4) is 0 Å². The Balaban J connectivity index is -0.0000000213. The first kappa shape index (κ1) is 19.0. The molecular weight excluding hydrogens is 238 g/mol. The fourth-order valence-corrected chi connectivity index (χ4v) is 1.25. The average Bonchev–Trinajstić information content (AvgIpc) is 1.14. The van der Waals surface area contributed by atoms with Crippen LogP contribution in [0.4, 0.5) is 0 Å². The largest absolute Gasteiger partial charge is 2.00 e. The van der Waals surface area contributed by atoms with E-state index < -0.39 is 15.6 Å². The van der Waals surface area contributed by atoms with Crippen molar-refractivity contribution in [2.75, 3.05) is 0 Å². The topological polar surface area (TPSA) is 124 Å². The monoisotopic (exact) mass is 246 g/mol. The summed E-state index contributed by atoms with van der Waals surface area (Å²) >= 11 is 0. The van der Waals surface area contributed by atoms with Gasteiger partial charge in [-0.2, -0.15) is 4.31 Å². The number of hydrogen-bond acceptors (Lipinski definition) is 3. The predicted octanol–water partition coefficient (Wildman–Crippen LogP) is -1.12. The van der Waals surface area contributed by atoms with Gasteiger partial charge in [-0.25, -0.2) is 9.13 Å². The molecule has 0 spiro atoms. The van der Waals surface area contributed by atoms with Crippen LogP contribution in [0.3, 0.4) is 0 Å². The molecule has 0 saturated carbocycles. The Hall–Kier alpha value is 2.29. The number of hydrogen-bond donors (Lipinski definition) is 4. The summed E-state index contributed by atoms with van der Waals surface area (Å²) < 4.78 is 22.2. The molecule has 0 atom stereocenters. The van der Waals surface area contributed by atoms with Crippen LogP contribution in [-0.2, 0) is 13.4 Å². The van der Waals surface area contributed by atoms with Crippen LogP contribution >= 0.6 is 15.6 Å². The molecule has 0 aliphatic heterocycles. The van der Waals surface area contributed by atoms with Gasteiger partial charge < -0.3 is 25.3 Å². The van der Waals surface area contributed by atoms with Crippen LogP contribution in [0.25, 0.3) is 0 Å². The summed E-state index contributed by atoms with van der Waals surface area (Å²) in [6.45, 7) is 0. The molecule has 0 bridgehead atoms. The van der Waals surface area contributed by atoms with Crippen LogP contribution < -0.4 is 0 Å². The van der Waals surface area contributed by atoms with Crippen molar-refractivity contribution in [2.45, 2.75) is 0 Å². The molecule has 0 rings (SSSR count). The molecule has 0 amide bonds. The summed E-state index contributed by atoms with van der Waals surface area (Å²) in [5.41, 5.74) is 0. The Kier molecular flexibility index (Phi) is 11.5. The van der Waals surface area contributed by atoms with Crippen LogP contribution in [0.1, 0.15) is 5.71 Å². The molecule has 0 aliphatic carbocycles. The van der Waals surface area contributed by atoms with Crippen LogP contribution in [-0.4, -0.2) is 80.4 Å². The van der Waals surface area contributed by atoms with Gasteiger partial charge in [0.15, 0.2) is 0 Å². The number of rotatable bonds is 2. The van der Waals surface area contributed by atoms with Gasteiger partial charge in [-0.05, 0) is 0 Å². The van der Waals surface area contributed by atoms with E-state index in [1.165, 1.54) is 0 Å². The Morgan fingerprint density at radius 1 is 1.00 bits per heavy atom. The fourth-order valence-electron chi connectivity index (χ4n) is 0.139. The molecule has 0 fully saturated rings. The molecule has 0 heterocycles. The first-order valence-corrected chi connectivity index (χ1v) is 4.59. The molecule has 7 nitrogen and oxygen atoms in total. The zero-order valence-electron chi connectivity index (χ0n) is 9.32. The minimum atomic E-state index is -5.05. The smallest absolute Gasteiger partial charge is 1.00 e. The van der Waals surface area contributed by atoms with Crippen molar-refractivity contribution in [2.24, 2.45) is 0 Å². The first-order valence-electron chi connectivity index (χ1n) is 1.53. The van der Waals surface area contributed by atoms with Gasteiger partial charge in [-0.15, -0.1) is 0 Å². The van der Waals surface area contributed by atoms with Gasteiger partial charge in [0.1, 0.15) is 0 Å². The maximum absolute atomic E-state index is 9.63. The Labute approximate surface area is 114 Å². The third kappa shape index (κ3) is 18.9. The Morgan fingerprint density at radius 2 is 1.18 bits per heavy atom. The maximum atomic E-state index is 9.63. The van der Waals surface area contributed by atoms with E-state index in [0.29, 0.717) is 0 Å². The second kappa shape index (κ2) is 6.70. The molecule has 11 heavy (non-hydrogen) atoms. The molecule has 0 aromatic heterocycles. The van der Waals surface area contributed by atoms with Crippen LogP contribution in [0.5, 0.6) is 0 Å². The molecule has 0 aromatic carbocycles. The summed E-state index contributed by atoms with van der Waals surface area (Å²) in [4.78, 5) is 31.0. The van der Waals surface area contributed by atoms with Crippen molar-refractivity contribution < 1.29 is 38.7 Å². The van der Waals surface area contributed by atoms with E-state index in [2.05, 4.69) is 4.31 Å². The van der Waals surface area contributed by atoms with Gasteiger partial charge in [0.05, 0.1) is 0 Å². The van der Waals surface area contributed by atoms with Crippen LogP contribution in [0.15, 0.2) is 0 Å². The molecule has 0 radical (unpaired) electrons. The first-order chi connectivity index (χ1) is 3.71. The molecule has 0 unspecified atom stereocenters. The summed E-state index contributed by atoms with van der Waals surface area (Å²) in [6, 6.07) is 0. The fraction of sp³-hybridized carbons (Fsp3) is 0. The molecular formula is H8CaMgO7P2. The molecule has 0 aromatic rings. The summed E-state index contributed by atoms with van der Waals surface area (Å²) in [5, 5.41) is 0. The van der Waals surface area contributed by atoms with Crippen molar-refractivity contribution in [1.29, 1.82) is 0 Å². The molecule has 0 aliphatic rings. The molecule has 4 N–H and O–H groups in total. The van der Waals surface area contributed by atoms with Crippen molar-refractivity contribution in [1.82, 2.24) is 0 Å². The van der Waals surface area contributed by atoms with E-state index in [0.717, 1.165) is 0 Å². The van der Waals surface area contributed by atoms with Gasteiger partial charge in [0.2, 0.25) is 0 Å². The van der Waals surface area contributed by atoms with Crippen molar-refractivity contribution in [3.05, 3.63) is 0 Å². The third-order valence-electron chi connectivity index (χ3n) is 0.213. The molecule has 64 valence electrons. The normalized spacial score (nSPS) is 11.3. The van der Waals surface area contributed by atoms with E-state index >= 15 is 0 Å². The van der Waals surface area contributed by atoms with E-state index in [4.69, 9.17) is 19.6 Å². The standard InChI is InChI=1S/Ca.Mg.H4O7P2.4H/c;;1-8(2,3)7-9(4,5)6;;;;/h;;(H2,1,2,3)(H2,4,5,6);;;;/q2*+2;;4*-1. The van der Waals surface area contributed by atoms with Crippen molar-refractivity contribution in [3.63, 3.8) is 0 Å². The zero-order chi connectivity index (χ0) is 7.71. The van der Waals surface area contributed by atoms with Gasteiger partial charge in [-0.1, -0.05) is 0 Å². The summed E-state index contributed by atoms with van der Waals surface area (Å²) in [5.74, 6) is 0. The van der Waals surface area contributed by atoms with E-state index in [1.54, 1.807) is 0 Å². The SMILES string of the molecule is O=P(O)(O)OP(=O)(O)O.[Ca+2].[H-].[H-].[H-].[H-].[Mg+2]. The van der Waals surface area contributed by atoms with Gasteiger partial charge in [0, 0.05) is 0 Å². The number of phosphoric acid groups is 2. The Morgan fingerprint density at radius 3 is 1.18 bits per heavy atom. The van der Waals surface area contributed by atoms with Crippen molar-refractivity contribution >= 4 is 76.4 Å². The minimum Gasteiger partial charge on any atom is -1.00 e. The summed E-state index contributed by atoms with van der Waals surface area (Å²) in [7, 11) is -10.1. The van der Waals surface area contributed by atoms with Gasteiger partial charge in [-0.3, -0.25) is 0 Å². The van der Waals surface area contributed by atoms with Crippen LogP contribution in [0.2, 0.25) is 0 Å². The third-order valence-corrected chi connectivity index (χ3v) is 1.91. The average molecular weight is 246 g/mol. The zero-order valence-corrected chi connectivity index (χ0v) is 10.7. The van der Waals surface area contributed by atoms with Gasteiger partial charge >= 0.3 is 76.4 Å². The van der Waals surface area contributed by atoms with Crippen LogP contribution in [0, 0.1) is 0 Å². The van der Waals surface area contributed by atoms with Gasteiger partial charge in [0.25, 0.3) is 0 Å². The maximum Gasteiger partial charge on any atom is 2.00 e. The quantitative estimate of drug-likeness (QED) is 0.359. The summed E-state index contributed by atoms with van der Waals surface area (Å²) in [6.07, 6.45) is 0. The molecule has 0 saturated heterocycles. The minimum absolute atomic E-state index is 0. The second-order valence-corrected chi connectivity index (χ2v) is 3.68. The van der Waals surface area contributed by atoms with E-state index in [9.17, 15) is 9.13 Å². The predicted molar refractivity (Wildman–Crippen MR) is 41.1 cm³/mol. The van der Waals surface area contributed by atoms with E-state index in [-0.39, 0.29) is 66.5 Å². The molecule has 11 heteroatoms. The van der Waals surface area contributed by atoms with E-state index in [1.807, 2.05) is 0 Å².